The van der Waals surface area contributed by atoms with E-state index in [0.717, 1.165) is 0 Å². The molecular formula is C6H6FNO. The van der Waals surface area contributed by atoms with Crippen molar-refractivity contribution in [3.63, 3.8) is 0 Å². The Balaban J connectivity index is 2.77. The molecule has 9 heavy (non-hydrogen) atoms. The first-order valence-electron chi connectivity index (χ1n) is 2.56. The predicted octanol–water partition coefficient (Wildman–Crippen LogP) is 1.17. The van der Waals surface area contributed by atoms with Crippen LogP contribution >= 0.6 is 0 Å². The molecule has 2 nitrogen and oxygen atoms in total. The van der Waals surface area contributed by atoms with E-state index in [0.29, 0.717) is 5.56 Å². The van der Waals surface area contributed by atoms with Crippen LogP contribution in [-0.4, -0.2) is 17.4 Å². The van der Waals surface area contributed by atoms with Crippen LogP contribution in [0.15, 0.2) is 18.5 Å². The first kappa shape index (κ1) is 6.01. The third kappa shape index (κ3) is 1.16. The second kappa shape index (κ2) is 2.44. The number of hydrogen-bond acceptors (Lipinski definition) is 1. The number of halogens is 1. The Kier molecular flexibility index (Phi) is 1.63. The van der Waals surface area contributed by atoms with Crippen molar-refractivity contribution in [2.45, 2.75) is 0 Å². The lowest BCUT2D eigenvalue weighted by Gasteiger charge is -1.84. The Labute approximate surface area is 51.7 Å². The fraction of sp³-hybridized carbons (Fsp3) is 0.167. The second-order valence-corrected chi connectivity index (χ2v) is 1.66. The molecule has 1 N–H and O–H groups in total. The number of alkyl halides is 1. The van der Waals surface area contributed by atoms with Crippen LogP contribution in [-0.2, 0) is 0 Å². The zero-order valence-corrected chi connectivity index (χ0v) is 4.73. The molecule has 0 aromatic carbocycles. The molecule has 1 heterocycles. The summed E-state index contributed by atoms with van der Waals surface area (Å²) in [7, 11) is 0. The third-order valence-corrected chi connectivity index (χ3v) is 1.04. The molecule has 0 spiro atoms. The Hall–Kier alpha value is -1.12. The van der Waals surface area contributed by atoms with E-state index in [1.807, 2.05) is 0 Å². The van der Waals surface area contributed by atoms with Crippen molar-refractivity contribution in [1.82, 2.24) is 4.98 Å². The normalized spacial score (nSPS) is 9.44. The topological polar surface area (TPSA) is 32.9 Å². The largest absolute Gasteiger partial charge is 0.367 e. The molecule has 0 aliphatic heterocycles. The average Bonchev–Trinajstić information content (AvgIpc) is 2.37. The summed E-state index contributed by atoms with van der Waals surface area (Å²) < 4.78 is 11.6. The number of rotatable bonds is 2. The second-order valence-electron chi connectivity index (χ2n) is 1.66. The van der Waals surface area contributed by atoms with Crippen LogP contribution in [0, 0.1) is 0 Å². The summed E-state index contributed by atoms with van der Waals surface area (Å²) in [6, 6.07) is 1.54. The van der Waals surface area contributed by atoms with E-state index in [1.165, 1.54) is 6.20 Å². The zero-order valence-electron chi connectivity index (χ0n) is 4.73. The molecule has 0 unspecified atom stereocenters. The first-order chi connectivity index (χ1) is 4.34. The van der Waals surface area contributed by atoms with Gasteiger partial charge in [-0.05, 0) is 6.07 Å². The maximum atomic E-state index is 11.6. The molecule has 1 rings (SSSR count). The molecule has 3 heteroatoms. The van der Waals surface area contributed by atoms with Gasteiger partial charge in [0.15, 0.2) is 12.5 Å². The number of H-pyrrole nitrogens is 1. The third-order valence-electron chi connectivity index (χ3n) is 1.04. The van der Waals surface area contributed by atoms with Gasteiger partial charge in [0.1, 0.15) is 0 Å². The molecule has 0 bridgehead atoms. The molecule has 0 saturated heterocycles. The molecule has 0 aliphatic carbocycles. The van der Waals surface area contributed by atoms with Crippen molar-refractivity contribution in [1.29, 1.82) is 0 Å². The molecule has 0 fully saturated rings. The van der Waals surface area contributed by atoms with E-state index in [4.69, 9.17) is 0 Å². The van der Waals surface area contributed by atoms with Gasteiger partial charge in [0.05, 0.1) is 0 Å². The van der Waals surface area contributed by atoms with Gasteiger partial charge < -0.3 is 4.98 Å². The number of aromatic amines is 1. The predicted molar refractivity (Wildman–Crippen MR) is 31.1 cm³/mol. The smallest absolute Gasteiger partial charge is 0.195 e. The molecule has 48 valence electrons. The van der Waals surface area contributed by atoms with Gasteiger partial charge in [0.2, 0.25) is 0 Å². The highest BCUT2D eigenvalue weighted by molar-refractivity contribution is 5.96. The molecule has 1 aromatic rings. The Bertz CT molecular complexity index is 193. The molecule has 0 saturated carbocycles. The quantitative estimate of drug-likeness (QED) is 0.594. The van der Waals surface area contributed by atoms with E-state index in [-0.39, 0.29) is 0 Å². The van der Waals surface area contributed by atoms with Gasteiger partial charge in [-0.25, -0.2) is 4.39 Å². The SMILES string of the molecule is O=C(CF)c1cc[nH]c1. The van der Waals surface area contributed by atoms with Gasteiger partial charge in [-0.3, -0.25) is 4.79 Å². The van der Waals surface area contributed by atoms with Crippen molar-refractivity contribution < 1.29 is 9.18 Å². The number of carbonyl (C=O) groups excluding carboxylic acids is 1. The fourth-order valence-electron chi connectivity index (χ4n) is 0.574. The van der Waals surface area contributed by atoms with Crippen LogP contribution < -0.4 is 0 Å². The van der Waals surface area contributed by atoms with Gasteiger partial charge in [0, 0.05) is 18.0 Å². The summed E-state index contributed by atoms with van der Waals surface area (Å²) in [5.74, 6) is -0.476. The van der Waals surface area contributed by atoms with Crippen molar-refractivity contribution in [3.05, 3.63) is 24.0 Å². The van der Waals surface area contributed by atoms with Crippen LogP contribution in [0.5, 0.6) is 0 Å². The fourth-order valence-corrected chi connectivity index (χ4v) is 0.574. The maximum absolute atomic E-state index is 11.6. The van der Waals surface area contributed by atoms with E-state index in [1.54, 1.807) is 12.3 Å². The van der Waals surface area contributed by atoms with Crippen LogP contribution in [0.2, 0.25) is 0 Å². The van der Waals surface area contributed by atoms with Crippen LogP contribution in [0.25, 0.3) is 0 Å². The van der Waals surface area contributed by atoms with Gasteiger partial charge in [-0.15, -0.1) is 0 Å². The van der Waals surface area contributed by atoms with E-state index < -0.39 is 12.5 Å². The summed E-state index contributed by atoms with van der Waals surface area (Å²) in [6.07, 6.45) is 3.06. The van der Waals surface area contributed by atoms with Crippen LogP contribution in [0.4, 0.5) is 4.39 Å². The van der Waals surface area contributed by atoms with Crippen molar-refractivity contribution in [3.8, 4) is 0 Å². The van der Waals surface area contributed by atoms with E-state index in [2.05, 4.69) is 4.98 Å². The number of ketones is 1. The van der Waals surface area contributed by atoms with E-state index >= 15 is 0 Å². The molecule has 1 aromatic heterocycles. The molecule has 0 aliphatic rings. The van der Waals surface area contributed by atoms with Crippen molar-refractivity contribution in [2.75, 3.05) is 6.67 Å². The Morgan fingerprint density at radius 1 is 1.78 bits per heavy atom. The first-order valence-corrected chi connectivity index (χ1v) is 2.56. The lowest BCUT2D eigenvalue weighted by atomic mass is 10.2. The molecular weight excluding hydrogens is 121 g/mol. The van der Waals surface area contributed by atoms with Crippen molar-refractivity contribution in [2.24, 2.45) is 0 Å². The molecule has 0 amide bonds. The number of Topliss-reactive ketones (excluding diaryl/α,β-unsaturated/α-hetero) is 1. The zero-order chi connectivity index (χ0) is 6.69. The number of nitrogens with one attached hydrogen (secondary N) is 1. The van der Waals surface area contributed by atoms with Crippen LogP contribution in [0.1, 0.15) is 10.4 Å². The molecule has 0 radical (unpaired) electrons. The van der Waals surface area contributed by atoms with Crippen molar-refractivity contribution >= 4 is 5.78 Å². The van der Waals surface area contributed by atoms with E-state index in [9.17, 15) is 9.18 Å². The minimum atomic E-state index is -0.919. The van der Waals surface area contributed by atoms with Gasteiger partial charge in [-0.1, -0.05) is 0 Å². The van der Waals surface area contributed by atoms with Gasteiger partial charge in [-0.2, -0.15) is 0 Å². The maximum Gasteiger partial charge on any atom is 0.195 e. The number of aromatic nitrogens is 1. The standard InChI is InChI=1S/C6H6FNO/c7-3-6(9)5-1-2-8-4-5/h1-2,4,8H,3H2. The summed E-state index contributed by atoms with van der Waals surface area (Å²) in [5, 5.41) is 0. The highest BCUT2D eigenvalue weighted by Gasteiger charge is 2.02. The highest BCUT2D eigenvalue weighted by Crippen LogP contribution is 1.97. The minimum absolute atomic E-state index is 0.400. The summed E-state index contributed by atoms with van der Waals surface area (Å²) in [6.45, 7) is -0.919. The number of hydrogen-bond donors (Lipinski definition) is 1. The molecule has 0 atom stereocenters. The average molecular weight is 127 g/mol. The monoisotopic (exact) mass is 127 g/mol. The van der Waals surface area contributed by atoms with Gasteiger partial charge in [0.25, 0.3) is 0 Å². The Morgan fingerprint density at radius 3 is 3.00 bits per heavy atom. The Morgan fingerprint density at radius 2 is 2.56 bits per heavy atom. The minimum Gasteiger partial charge on any atom is -0.367 e. The van der Waals surface area contributed by atoms with Crippen LogP contribution in [0.3, 0.4) is 0 Å². The lowest BCUT2D eigenvalue weighted by molar-refractivity contribution is 0.0959. The number of carbonyl (C=O) groups is 1. The van der Waals surface area contributed by atoms with Gasteiger partial charge >= 0.3 is 0 Å². The highest BCUT2D eigenvalue weighted by atomic mass is 19.1. The summed E-state index contributed by atoms with van der Waals surface area (Å²) >= 11 is 0. The lowest BCUT2D eigenvalue weighted by Crippen LogP contribution is -1.97. The summed E-state index contributed by atoms with van der Waals surface area (Å²) in [4.78, 5) is 13.1. The summed E-state index contributed by atoms with van der Waals surface area (Å²) in [5.41, 5.74) is 0.400.